The van der Waals surface area contributed by atoms with Gasteiger partial charge in [-0.05, 0) is 19.3 Å². The van der Waals surface area contributed by atoms with Crippen LogP contribution in [0, 0.1) is 12.8 Å². The van der Waals surface area contributed by atoms with Gasteiger partial charge in [0.1, 0.15) is 5.82 Å². The normalized spacial score (nSPS) is 26.4. The Morgan fingerprint density at radius 2 is 2.31 bits per heavy atom. The van der Waals surface area contributed by atoms with E-state index in [1.807, 2.05) is 7.05 Å². The van der Waals surface area contributed by atoms with Crippen LogP contribution in [0.3, 0.4) is 0 Å². The molecule has 3 heteroatoms. The zero-order chi connectivity index (χ0) is 9.59. The average molecular weight is 179 g/mol. The summed E-state index contributed by atoms with van der Waals surface area (Å²) in [6.45, 7) is 4.31. The Bertz CT molecular complexity index is 327. The standard InChI is InChI=1S/C10H17N3/c1-4-7-5-8(7)9-6(2)10(11)13(3)12-9/h7-8H,4-5,11H2,1-3H3. The van der Waals surface area contributed by atoms with Gasteiger partial charge in [-0.3, -0.25) is 4.68 Å². The quantitative estimate of drug-likeness (QED) is 0.752. The number of nitrogens with zero attached hydrogens (tertiary/aromatic N) is 2. The average Bonchev–Trinajstić information content (AvgIpc) is 2.85. The number of aryl methyl sites for hydroxylation is 1. The van der Waals surface area contributed by atoms with Crippen molar-refractivity contribution in [1.29, 1.82) is 0 Å². The maximum absolute atomic E-state index is 5.86. The van der Waals surface area contributed by atoms with Gasteiger partial charge < -0.3 is 5.73 Å². The molecule has 3 nitrogen and oxygen atoms in total. The monoisotopic (exact) mass is 179 g/mol. The molecule has 13 heavy (non-hydrogen) atoms. The number of nitrogen functional groups attached to an aromatic ring is 1. The zero-order valence-electron chi connectivity index (χ0n) is 8.54. The first-order chi connectivity index (χ1) is 6.15. The van der Waals surface area contributed by atoms with E-state index in [0.29, 0.717) is 5.92 Å². The summed E-state index contributed by atoms with van der Waals surface area (Å²) >= 11 is 0. The fraction of sp³-hybridized carbons (Fsp3) is 0.700. The molecule has 1 aliphatic rings. The second-order valence-electron chi connectivity index (χ2n) is 4.03. The highest BCUT2D eigenvalue weighted by molar-refractivity contribution is 5.44. The van der Waals surface area contributed by atoms with E-state index < -0.39 is 0 Å². The van der Waals surface area contributed by atoms with Crippen LogP contribution in [0.2, 0.25) is 0 Å². The molecule has 0 radical (unpaired) electrons. The van der Waals surface area contributed by atoms with Gasteiger partial charge in [0.2, 0.25) is 0 Å². The van der Waals surface area contributed by atoms with Gasteiger partial charge in [0.05, 0.1) is 5.69 Å². The summed E-state index contributed by atoms with van der Waals surface area (Å²) in [5, 5.41) is 4.46. The minimum absolute atomic E-state index is 0.688. The second-order valence-corrected chi connectivity index (χ2v) is 4.03. The fourth-order valence-electron chi connectivity index (χ4n) is 2.05. The molecular weight excluding hydrogens is 162 g/mol. The van der Waals surface area contributed by atoms with E-state index in [2.05, 4.69) is 18.9 Å². The Hall–Kier alpha value is -0.990. The predicted octanol–water partition coefficient (Wildman–Crippen LogP) is 1.82. The Kier molecular flexibility index (Phi) is 1.82. The Balaban J connectivity index is 2.27. The number of aromatic nitrogens is 2. The maximum atomic E-state index is 5.86. The summed E-state index contributed by atoms with van der Waals surface area (Å²) in [5.41, 5.74) is 8.27. The van der Waals surface area contributed by atoms with Gasteiger partial charge in [-0.25, -0.2) is 0 Å². The molecule has 1 aromatic heterocycles. The molecule has 1 heterocycles. The summed E-state index contributed by atoms with van der Waals surface area (Å²) in [6, 6.07) is 0. The lowest BCUT2D eigenvalue weighted by molar-refractivity contribution is 0.717. The van der Waals surface area contributed by atoms with Crippen LogP contribution in [-0.4, -0.2) is 9.78 Å². The van der Waals surface area contributed by atoms with E-state index in [0.717, 1.165) is 11.7 Å². The first kappa shape index (κ1) is 8.60. The van der Waals surface area contributed by atoms with Gasteiger partial charge in [0.15, 0.2) is 0 Å². The van der Waals surface area contributed by atoms with Crippen LogP contribution < -0.4 is 5.73 Å². The van der Waals surface area contributed by atoms with Crippen LogP contribution in [0.4, 0.5) is 5.82 Å². The highest BCUT2D eigenvalue weighted by atomic mass is 15.3. The summed E-state index contributed by atoms with van der Waals surface area (Å²) in [6.07, 6.45) is 2.56. The molecule has 1 aromatic rings. The van der Waals surface area contributed by atoms with E-state index in [-0.39, 0.29) is 0 Å². The number of rotatable bonds is 2. The van der Waals surface area contributed by atoms with Gasteiger partial charge in [-0.2, -0.15) is 5.10 Å². The van der Waals surface area contributed by atoms with Crippen molar-refractivity contribution in [1.82, 2.24) is 9.78 Å². The minimum atomic E-state index is 0.688. The third-order valence-electron chi connectivity index (χ3n) is 3.17. The summed E-state index contributed by atoms with van der Waals surface area (Å²) in [4.78, 5) is 0. The molecule has 72 valence electrons. The largest absolute Gasteiger partial charge is 0.384 e. The van der Waals surface area contributed by atoms with E-state index >= 15 is 0 Å². The van der Waals surface area contributed by atoms with Crippen molar-refractivity contribution >= 4 is 5.82 Å². The highest BCUT2D eigenvalue weighted by Crippen LogP contribution is 2.50. The molecule has 2 unspecified atom stereocenters. The maximum Gasteiger partial charge on any atom is 0.124 e. The molecule has 1 aliphatic carbocycles. The van der Waals surface area contributed by atoms with Crippen molar-refractivity contribution in [3.8, 4) is 0 Å². The van der Waals surface area contributed by atoms with E-state index in [1.165, 1.54) is 24.1 Å². The van der Waals surface area contributed by atoms with Crippen LogP contribution in [0.25, 0.3) is 0 Å². The topological polar surface area (TPSA) is 43.8 Å². The fourth-order valence-corrected chi connectivity index (χ4v) is 2.05. The Morgan fingerprint density at radius 3 is 2.69 bits per heavy atom. The van der Waals surface area contributed by atoms with Gasteiger partial charge in [0, 0.05) is 18.5 Å². The molecule has 0 bridgehead atoms. The molecule has 0 aromatic carbocycles. The molecule has 0 aliphatic heterocycles. The Morgan fingerprint density at radius 1 is 1.62 bits per heavy atom. The molecule has 0 saturated heterocycles. The number of nitrogens with two attached hydrogens (primary N) is 1. The SMILES string of the molecule is CCC1CC1c1nn(C)c(N)c1C. The smallest absolute Gasteiger partial charge is 0.124 e. The van der Waals surface area contributed by atoms with Crippen molar-refractivity contribution in [2.45, 2.75) is 32.6 Å². The molecular formula is C10H17N3. The summed E-state index contributed by atoms with van der Waals surface area (Å²) in [7, 11) is 1.91. The van der Waals surface area contributed by atoms with Crippen LogP contribution in [-0.2, 0) is 7.05 Å². The lowest BCUT2D eigenvalue weighted by Crippen LogP contribution is -1.97. The van der Waals surface area contributed by atoms with Crippen LogP contribution in [0.5, 0.6) is 0 Å². The van der Waals surface area contributed by atoms with Gasteiger partial charge >= 0.3 is 0 Å². The second kappa shape index (κ2) is 2.76. The zero-order valence-corrected chi connectivity index (χ0v) is 8.54. The minimum Gasteiger partial charge on any atom is -0.384 e. The van der Waals surface area contributed by atoms with Crippen molar-refractivity contribution in [3.63, 3.8) is 0 Å². The van der Waals surface area contributed by atoms with Crippen molar-refractivity contribution in [3.05, 3.63) is 11.3 Å². The van der Waals surface area contributed by atoms with Crippen molar-refractivity contribution < 1.29 is 0 Å². The number of hydrogen-bond donors (Lipinski definition) is 1. The van der Waals surface area contributed by atoms with E-state index in [9.17, 15) is 0 Å². The first-order valence-corrected chi connectivity index (χ1v) is 4.94. The molecule has 1 fully saturated rings. The van der Waals surface area contributed by atoms with Crippen LogP contribution >= 0.6 is 0 Å². The summed E-state index contributed by atoms with van der Waals surface area (Å²) in [5.74, 6) is 2.36. The molecule has 0 spiro atoms. The Labute approximate surface area is 78.9 Å². The highest BCUT2D eigenvalue weighted by Gasteiger charge is 2.39. The molecule has 2 rings (SSSR count). The lowest BCUT2D eigenvalue weighted by Gasteiger charge is -1.94. The predicted molar refractivity (Wildman–Crippen MR) is 53.5 cm³/mol. The molecule has 2 N–H and O–H groups in total. The van der Waals surface area contributed by atoms with Gasteiger partial charge in [-0.1, -0.05) is 13.3 Å². The molecule has 2 atom stereocenters. The number of anilines is 1. The lowest BCUT2D eigenvalue weighted by atomic mass is 10.1. The van der Waals surface area contributed by atoms with Crippen molar-refractivity contribution in [2.24, 2.45) is 13.0 Å². The third-order valence-corrected chi connectivity index (χ3v) is 3.17. The summed E-state index contributed by atoms with van der Waals surface area (Å²) < 4.78 is 1.79. The van der Waals surface area contributed by atoms with E-state index in [4.69, 9.17) is 5.73 Å². The van der Waals surface area contributed by atoms with Crippen LogP contribution in [0.15, 0.2) is 0 Å². The van der Waals surface area contributed by atoms with Gasteiger partial charge in [0.25, 0.3) is 0 Å². The van der Waals surface area contributed by atoms with Crippen molar-refractivity contribution in [2.75, 3.05) is 5.73 Å². The van der Waals surface area contributed by atoms with E-state index in [1.54, 1.807) is 4.68 Å². The van der Waals surface area contributed by atoms with Crippen LogP contribution in [0.1, 0.15) is 36.9 Å². The first-order valence-electron chi connectivity index (χ1n) is 4.94. The molecule has 0 amide bonds. The third kappa shape index (κ3) is 1.23. The van der Waals surface area contributed by atoms with Gasteiger partial charge in [-0.15, -0.1) is 0 Å². The number of hydrogen-bond acceptors (Lipinski definition) is 2. The molecule has 1 saturated carbocycles.